The van der Waals surface area contributed by atoms with Crippen LogP contribution in [-0.2, 0) is 4.74 Å². The van der Waals surface area contributed by atoms with Crippen LogP contribution in [0.15, 0.2) is 0 Å². The lowest BCUT2D eigenvalue weighted by Crippen LogP contribution is -2.48. The number of hydrogen-bond donors (Lipinski definition) is 1. The Labute approximate surface area is 104 Å². The van der Waals surface area contributed by atoms with Gasteiger partial charge >= 0.3 is 0 Å². The SMILES string of the molecule is CC1CN(CCCC(C)(C)C#N)CC(CO)O1. The molecule has 0 aliphatic carbocycles. The molecule has 1 saturated heterocycles. The number of nitriles is 1. The van der Waals surface area contributed by atoms with Gasteiger partial charge in [0.1, 0.15) is 0 Å². The summed E-state index contributed by atoms with van der Waals surface area (Å²) < 4.78 is 5.59. The lowest BCUT2D eigenvalue weighted by molar-refractivity contribution is -0.0954. The summed E-state index contributed by atoms with van der Waals surface area (Å²) in [6, 6.07) is 2.32. The Bertz CT molecular complexity index is 273. The quantitative estimate of drug-likeness (QED) is 0.789. The fraction of sp³-hybridized carbons (Fsp3) is 0.923. The van der Waals surface area contributed by atoms with Crippen LogP contribution in [0, 0.1) is 16.7 Å². The average Bonchev–Trinajstić information content (AvgIpc) is 2.28. The van der Waals surface area contributed by atoms with E-state index < -0.39 is 0 Å². The number of nitrogens with zero attached hydrogens (tertiary/aromatic N) is 2. The molecule has 0 bridgehead atoms. The molecule has 0 spiro atoms. The van der Waals surface area contributed by atoms with Crippen LogP contribution in [-0.4, -0.2) is 48.5 Å². The van der Waals surface area contributed by atoms with Crippen LogP contribution in [0.5, 0.6) is 0 Å². The topological polar surface area (TPSA) is 56.5 Å². The Morgan fingerprint density at radius 1 is 1.47 bits per heavy atom. The second-order valence-corrected chi connectivity index (χ2v) is 5.61. The van der Waals surface area contributed by atoms with Crippen LogP contribution in [0.1, 0.15) is 33.6 Å². The summed E-state index contributed by atoms with van der Waals surface area (Å²) in [5, 5.41) is 18.1. The van der Waals surface area contributed by atoms with Crippen LogP contribution in [0.4, 0.5) is 0 Å². The molecule has 1 aliphatic heterocycles. The minimum Gasteiger partial charge on any atom is -0.394 e. The first kappa shape index (κ1) is 14.4. The molecule has 2 atom stereocenters. The van der Waals surface area contributed by atoms with Crippen molar-refractivity contribution in [3.63, 3.8) is 0 Å². The normalized spacial score (nSPS) is 26.8. The number of aliphatic hydroxyl groups excluding tert-OH is 1. The van der Waals surface area contributed by atoms with Crippen molar-refractivity contribution >= 4 is 0 Å². The van der Waals surface area contributed by atoms with Gasteiger partial charge in [0, 0.05) is 13.1 Å². The molecule has 0 aromatic carbocycles. The van der Waals surface area contributed by atoms with E-state index in [1.165, 1.54) is 0 Å². The van der Waals surface area contributed by atoms with E-state index >= 15 is 0 Å². The van der Waals surface area contributed by atoms with Crippen LogP contribution >= 0.6 is 0 Å². The summed E-state index contributed by atoms with van der Waals surface area (Å²) in [6.07, 6.45) is 2.07. The number of morpholine rings is 1. The van der Waals surface area contributed by atoms with E-state index in [-0.39, 0.29) is 24.2 Å². The van der Waals surface area contributed by atoms with Crippen LogP contribution in [0.25, 0.3) is 0 Å². The van der Waals surface area contributed by atoms with E-state index in [9.17, 15) is 0 Å². The highest BCUT2D eigenvalue weighted by molar-refractivity contribution is 4.91. The fourth-order valence-corrected chi connectivity index (χ4v) is 2.22. The molecule has 1 N–H and O–H groups in total. The molecule has 1 heterocycles. The maximum atomic E-state index is 9.12. The van der Waals surface area contributed by atoms with Crippen molar-refractivity contribution in [3.8, 4) is 6.07 Å². The average molecular weight is 240 g/mol. The van der Waals surface area contributed by atoms with Crippen molar-refractivity contribution in [2.45, 2.75) is 45.8 Å². The summed E-state index contributed by atoms with van der Waals surface area (Å²) in [5.74, 6) is 0. The first-order valence-electron chi connectivity index (χ1n) is 6.37. The summed E-state index contributed by atoms with van der Waals surface area (Å²) in [7, 11) is 0. The molecule has 0 saturated carbocycles. The van der Waals surface area contributed by atoms with Crippen molar-refractivity contribution in [2.75, 3.05) is 26.2 Å². The van der Waals surface area contributed by atoms with Gasteiger partial charge in [-0.3, -0.25) is 4.90 Å². The maximum Gasteiger partial charge on any atom is 0.0936 e. The van der Waals surface area contributed by atoms with E-state index in [0.29, 0.717) is 0 Å². The van der Waals surface area contributed by atoms with E-state index in [2.05, 4.69) is 11.0 Å². The molecular weight excluding hydrogens is 216 g/mol. The zero-order valence-corrected chi connectivity index (χ0v) is 11.1. The van der Waals surface area contributed by atoms with Crippen molar-refractivity contribution in [2.24, 2.45) is 5.41 Å². The molecule has 98 valence electrons. The molecule has 0 amide bonds. The van der Waals surface area contributed by atoms with E-state index in [1.54, 1.807) is 0 Å². The van der Waals surface area contributed by atoms with Gasteiger partial charge in [0.15, 0.2) is 0 Å². The monoisotopic (exact) mass is 240 g/mol. The minimum atomic E-state index is -0.228. The van der Waals surface area contributed by atoms with Crippen LogP contribution < -0.4 is 0 Å². The molecule has 1 aliphatic rings. The van der Waals surface area contributed by atoms with Gasteiger partial charge in [-0.15, -0.1) is 0 Å². The number of ether oxygens (including phenoxy) is 1. The van der Waals surface area contributed by atoms with Crippen LogP contribution in [0.3, 0.4) is 0 Å². The first-order chi connectivity index (χ1) is 7.96. The van der Waals surface area contributed by atoms with E-state index in [0.717, 1.165) is 32.5 Å². The van der Waals surface area contributed by atoms with Crippen LogP contribution in [0.2, 0.25) is 0 Å². The second kappa shape index (κ2) is 6.34. The zero-order chi connectivity index (χ0) is 12.9. The van der Waals surface area contributed by atoms with Crippen molar-refractivity contribution < 1.29 is 9.84 Å². The summed E-state index contributed by atoms with van der Waals surface area (Å²) >= 11 is 0. The number of hydrogen-bond acceptors (Lipinski definition) is 4. The van der Waals surface area contributed by atoms with Gasteiger partial charge in [-0.25, -0.2) is 0 Å². The standard InChI is InChI=1S/C13H24N2O2/c1-11-7-15(8-12(9-16)17-11)6-4-5-13(2,3)10-14/h11-12,16H,4-9H2,1-3H3. The Morgan fingerprint density at radius 3 is 2.76 bits per heavy atom. The van der Waals surface area contributed by atoms with Gasteiger partial charge in [-0.05, 0) is 40.2 Å². The highest BCUT2D eigenvalue weighted by Crippen LogP contribution is 2.21. The molecule has 4 nitrogen and oxygen atoms in total. The van der Waals surface area contributed by atoms with Gasteiger partial charge in [-0.2, -0.15) is 5.26 Å². The van der Waals surface area contributed by atoms with Gasteiger partial charge in [0.25, 0.3) is 0 Å². The van der Waals surface area contributed by atoms with Crippen molar-refractivity contribution in [1.29, 1.82) is 5.26 Å². The highest BCUT2D eigenvalue weighted by Gasteiger charge is 2.25. The Kier molecular flexibility index (Phi) is 5.38. The predicted molar refractivity (Wildman–Crippen MR) is 66.5 cm³/mol. The largest absolute Gasteiger partial charge is 0.394 e. The number of rotatable bonds is 5. The van der Waals surface area contributed by atoms with Crippen molar-refractivity contribution in [1.82, 2.24) is 4.90 Å². The molecule has 1 fully saturated rings. The zero-order valence-electron chi connectivity index (χ0n) is 11.1. The van der Waals surface area contributed by atoms with Crippen molar-refractivity contribution in [3.05, 3.63) is 0 Å². The molecular formula is C13H24N2O2. The van der Waals surface area contributed by atoms with E-state index in [4.69, 9.17) is 15.1 Å². The third-order valence-corrected chi connectivity index (χ3v) is 3.18. The fourth-order valence-electron chi connectivity index (χ4n) is 2.22. The molecule has 0 aromatic heterocycles. The summed E-state index contributed by atoms with van der Waals surface area (Å²) in [5.41, 5.74) is -0.228. The number of aliphatic hydroxyl groups is 1. The summed E-state index contributed by atoms with van der Waals surface area (Å²) in [4.78, 5) is 2.32. The highest BCUT2D eigenvalue weighted by atomic mass is 16.5. The first-order valence-corrected chi connectivity index (χ1v) is 6.37. The Morgan fingerprint density at radius 2 is 2.18 bits per heavy atom. The maximum absolute atomic E-state index is 9.12. The third kappa shape index (κ3) is 5.03. The van der Waals surface area contributed by atoms with Gasteiger partial charge in [0.05, 0.1) is 30.3 Å². The molecule has 17 heavy (non-hydrogen) atoms. The lowest BCUT2D eigenvalue weighted by Gasteiger charge is -2.36. The molecule has 0 radical (unpaired) electrons. The Hall–Kier alpha value is -0.630. The minimum absolute atomic E-state index is 0.0530. The van der Waals surface area contributed by atoms with E-state index in [1.807, 2.05) is 20.8 Å². The third-order valence-electron chi connectivity index (χ3n) is 3.18. The molecule has 2 unspecified atom stereocenters. The summed E-state index contributed by atoms with van der Waals surface area (Å²) in [6.45, 7) is 8.78. The Balaban J connectivity index is 2.30. The molecule has 1 rings (SSSR count). The van der Waals surface area contributed by atoms with Gasteiger partial charge in [-0.1, -0.05) is 0 Å². The molecule has 0 aromatic rings. The predicted octanol–water partition coefficient (Wildman–Crippen LogP) is 1.40. The van der Waals surface area contributed by atoms with Gasteiger partial charge in [0.2, 0.25) is 0 Å². The smallest absolute Gasteiger partial charge is 0.0936 e. The molecule has 4 heteroatoms. The van der Waals surface area contributed by atoms with Gasteiger partial charge < -0.3 is 9.84 Å². The lowest BCUT2D eigenvalue weighted by atomic mass is 9.90. The second-order valence-electron chi connectivity index (χ2n) is 5.61.